The van der Waals surface area contributed by atoms with E-state index >= 15 is 0 Å². The number of sulfone groups is 1. The van der Waals surface area contributed by atoms with Crippen LogP contribution in [0.2, 0.25) is 0 Å². The molecule has 1 aromatic rings. The van der Waals surface area contributed by atoms with Gasteiger partial charge in [-0.2, -0.15) is 0 Å². The molecule has 3 aliphatic heterocycles. The van der Waals surface area contributed by atoms with Crippen LogP contribution in [0.4, 0.5) is 4.79 Å². The summed E-state index contributed by atoms with van der Waals surface area (Å²) >= 11 is 0. The molecule has 1 aromatic carbocycles. The van der Waals surface area contributed by atoms with Crippen molar-refractivity contribution < 1.29 is 46.9 Å². The number of fused-ring (bicyclic) bond motifs is 2. The molecule has 2 fully saturated rings. The molecule has 0 aliphatic carbocycles. The summed E-state index contributed by atoms with van der Waals surface area (Å²) in [6.45, 7) is 0.372. The normalized spacial score (nSPS) is 26.7. The Labute approximate surface area is 181 Å². The number of aliphatic carboxylic acids is 1. The van der Waals surface area contributed by atoms with Gasteiger partial charge in [0.25, 0.3) is 0 Å². The van der Waals surface area contributed by atoms with E-state index in [1.54, 1.807) is 18.2 Å². The van der Waals surface area contributed by atoms with Gasteiger partial charge in [0.1, 0.15) is 16.7 Å². The highest BCUT2D eigenvalue weighted by Gasteiger charge is 2.70. The van der Waals surface area contributed by atoms with Gasteiger partial charge < -0.3 is 24.2 Å². The van der Waals surface area contributed by atoms with Crippen LogP contribution < -0.4 is 20.3 Å². The number of carbonyl (C=O) groups excluding carboxylic acids is 3. The van der Waals surface area contributed by atoms with Crippen LogP contribution in [0.25, 0.3) is 0 Å². The molecule has 0 spiro atoms. The summed E-state index contributed by atoms with van der Waals surface area (Å²) in [5, 5.41) is 8.22. The van der Waals surface area contributed by atoms with Gasteiger partial charge in [0, 0.05) is 0 Å². The fourth-order valence-electron chi connectivity index (χ4n) is 3.92. The molecule has 0 aromatic heterocycles. The molecule has 0 saturated carbocycles. The summed E-state index contributed by atoms with van der Waals surface area (Å²) in [5.41, 5.74) is 4.68. The molecule has 172 valence electrons. The number of nitrogens with one attached hydrogen (secondary N) is 2. The number of carbonyl (C=O) groups is 4. The molecular formula is C18H19N3O10S. The van der Waals surface area contributed by atoms with Crippen LogP contribution in [-0.4, -0.2) is 71.9 Å². The van der Waals surface area contributed by atoms with E-state index in [0.717, 1.165) is 11.8 Å². The van der Waals surface area contributed by atoms with E-state index < -0.39 is 56.5 Å². The maximum Gasteiger partial charge on any atom is 0.426 e. The number of benzene rings is 1. The van der Waals surface area contributed by atoms with Gasteiger partial charge in [0.15, 0.2) is 27.4 Å². The molecule has 3 heterocycles. The number of ether oxygens (including phenoxy) is 3. The number of carboxylic acids is 1. The van der Waals surface area contributed by atoms with Crippen molar-refractivity contribution in [2.45, 2.75) is 35.9 Å². The average Bonchev–Trinajstić information content (AvgIpc) is 3.24. The van der Waals surface area contributed by atoms with Crippen molar-refractivity contribution >= 4 is 33.7 Å². The molecule has 14 heteroatoms. The summed E-state index contributed by atoms with van der Waals surface area (Å²) in [6.07, 6.45) is -1.61. The molecule has 2 saturated heterocycles. The van der Waals surface area contributed by atoms with Crippen molar-refractivity contribution in [3.8, 4) is 11.5 Å². The lowest BCUT2D eigenvalue weighted by atomic mass is 9.97. The van der Waals surface area contributed by atoms with Crippen LogP contribution in [0, 0.1) is 0 Å². The SMILES string of the molecule is C[C@]1(COC(=O)NNC(=O)Cc2ccc3c(c2)OCO3)[C@H](C(=O)O)N2C(=O)C[C@H]2S1(=O)=O. The number of hydrogen-bond donors (Lipinski definition) is 3. The second-order valence-corrected chi connectivity index (χ2v) is 10.2. The Bertz CT molecular complexity index is 1120. The number of nitrogens with zero attached hydrogens (tertiary/aromatic N) is 1. The fraction of sp³-hybridized carbons (Fsp3) is 0.444. The van der Waals surface area contributed by atoms with E-state index in [4.69, 9.17) is 14.2 Å². The third-order valence-electron chi connectivity index (χ3n) is 5.64. The van der Waals surface area contributed by atoms with Gasteiger partial charge in [-0.05, 0) is 24.6 Å². The molecule has 0 unspecified atom stereocenters. The average molecular weight is 469 g/mol. The van der Waals surface area contributed by atoms with Crippen LogP contribution in [0.3, 0.4) is 0 Å². The highest BCUT2D eigenvalue weighted by Crippen LogP contribution is 2.46. The second kappa shape index (κ2) is 7.55. The number of hydrazine groups is 1. The van der Waals surface area contributed by atoms with Crippen LogP contribution in [0.15, 0.2) is 18.2 Å². The van der Waals surface area contributed by atoms with E-state index in [0.29, 0.717) is 17.1 Å². The summed E-state index contributed by atoms with van der Waals surface area (Å²) in [6, 6.07) is 3.21. The van der Waals surface area contributed by atoms with Crippen molar-refractivity contribution in [3.63, 3.8) is 0 Å². The number of amides is 3. The zero-order chi connectivity index (χ0) is 23.3. The Kier molecular flexibility index (Phi) is 5.11. The standard InChI is InChI=1S/C18H19N3O10S/c1-18(15(16(24)25)21-13(23)6-14(21)32(18,27)28)7-29-17(26)20-19-12(22)5-9-2-3-10-11(4-9)31-8-30-10/h2-4,14-15H,5-8H2,1H3,(H,19,22)(H,20,26)(H,24,25)/t14-,15+,18+/m1/s1. The van der Waals surface area contributed by atoms with Gasteiger partial charge in [-0.3, -0.25) is 15.0 Å². The minimum absolute atomic E-state index is 0.0857. The topological polar surface area (TPSA) is 178 Å². The first-order valence-electron chi connectivity index (χ1n) is 9.42. The molecule has 3 amide bonds. The molecule has 3 N–H and O–H groups in total. The summed E-state index contributed by atoms with van der Waals surface area (Å²) < 4.78 is 38.7. The molecule has 32 heavy (non-hydrogen) atoms. The predicted octanol–water partition coefficient (Wildman–Crippen LogP) is -1.09. The largest absolute Gasteiger partial charge is 0.480 e. The number of carboxylic acid groups (broad SMARTS) is 1. The highest BCUT2D eigenvalue weighted by atomic mass is 32.2. The minimum atomic E-state index is -4.12. The molecule has 0 radical (unpaired) electrons. The van der Waals surface area contributed by atoms with Crippen molar-refractivity contribution in [3.05, 3.63) is 23.8 Å². The van der Waals surface area contributed by atoms with Crippen molar-refractivity contribution in [2.75, 3.05) is 13.4 Å². The van der Waals surface area contributed by atoms with Gasteiger partial charge in [0.05, 0.1) is 12.8 Å². The third-order valence-corrected chi connectivity index (χ3v) is 8.39. The number of β-lactam (4-membered cyclic amide) rings is 1. The lowest BCUT2D eigenvalue weighted by Crippen LogP contribution is -2.58. The quantitative estimate of drug-likeness (QED) is 0.355. The van der Waals surface area contributed by atoms with E-state index in [9.17, 15) is 32.7 Å². The highest BCUT2D eigenvalue weighted by molar-refractivity contribution is 7.94. The maximum absolute atomic E-state index is 12.7. The summed E-state index contributed by atoms with van der Waals surface area (Å²) in [5.74, 6) is -1.68. The van der Waals surface area contributed by atoms with Crippen molar-refractivity contribution in [1.82, 2.24) is 15.8 Å². The molecular weight excluding hydrogens is 450 g/mol. The first kappa shape index (κ1) is 21.7. The molecule has 4 rings (SSSR count). The monoisotopic (exact) mass is 469 g/mol. The number of rotatable bonds is 5. The van der Waals surface area contributed by atoms with Crippen LogP contribution in [-0.2, 0) is 35.4 Å². The van der Waals surface area contributed by atoms with Gasteiger partial charge in [-0.15, -0.1) is 0 Å². The predicted molar refractivity (Wildman–Crippen MR) is 103 cm³/mol. The Morgan fingerprint density at radius 1 is 1.25 bits per heavy atom. The van der Waals surface area contributed by atoms with E-state index in [1.807, 2.05) is 5.43 Å². The molecule has 3 aliphatic rings. The second-order valence-electron chi connectivity index (χ2n) is 7.67. The Morgan fingerprint density at radius 2 is 1.97 bits per heavy atom. The first-order valence-corrected chi connectivity index (χ1v) is 11.0. The van der Waals surface area contributed by atoms with Gasteiger partial charge in [0.2, 0.25) is 18.6 Å². The first-order chi connectivity index (χ1) is 15.0. The van der Waals surface area contributed by atoms with Crippen LogP contribution in [0.5, 0.6) is 11.5 Å². The summed E-state index contributed by atoms with van der Waals surface area (Å²) in [7, 11) is -4.12. The Balaban J connectivity index is 1.32. The smallest absolute Gasteiger partial charge is 0.426 e. The van der Waals surface area contributed by atoms with Crippen molar-refractivity contribution in [1.29, 1.82) is 0 Å². The van der Waals surface area contributed by atoms with E-state index in [1.165, 1.54) is 0 Å². The van der Waals surface area contributed by atoms with Gasteiger partial charge >= 0.3 is 12.1 Å². The van der Waals surface area contributed by atoms with E-state index in [-0.39, 0.29) is 19.6 Å². The lowest BCUT2D eigenvalue weighted by Gasteiger charge is -2.35. The number of hydrogen-bond acceptors (Lipinski definition) is 9. The Morgan fingerprint density at radius 3 is 2.66 bits per heavy atom. The van der Waals surface area contributed by atoms with Crippen molar-refractivity contribution in [2.24, 2.45) is 0 Å². The van der Waals surface area contributed by atoms with Gasteiger partial charge in [-0.1, -0.05) is 6.07 Å². The van der Waals surface area contributed by atoms with E-state index in [2.05, 4.69) is 5.43 Å². The summed E-state index contributed by atoms with van der Waals surface area (Å²) in [4.78, 5) is 48.2. The van der Waals surface area contributed by atoms with Gasteiger partial charge in [-0.25, -0.2) is 23.4 Å². The molecule has 3 atom stereocenters. The minimum Gasteiger partial charge on any atom is -0.480 e. The van der Waals surface area contributed by atoms with Crippen LogP contribution in [0.1, 0.15) is 18.9 Å². The third kappa shape index (κ3) is 3.36. The Hall–Kier alpha value is -3.55. The molecule has 13 nitrogen and oxygen atoms in total. The van der Waals surface area contributed by atoms with Crippen LogP contribution >= 0.6 is 0 Å². The fourth-order valence-corrected chi connectivity index (χ4v) is 6.19. The molecule has 0 bridgehead atoms. The lowest BCUT2D eigenvalue weighted by molar-refractivity contribution is -0.158. The maximum atomic E-state index is 12.7. The zero-order valence-electron chi connectivity index (χ0n) is 16.7. The zero-order valence-corrected chi connectivity index (χ0v) is 17.5.